The van der Waals surface area contributed by atoms with Crippen LogP contribution >= 0.6 is 0 Å². The van der Waals surface area contributed by atoms with Gasteiger partial charge in [0.05, 0.1) is 30.3 Å². The number of aryl methyl sites for hydroxylation is 1. The minimum Gasteiger partial charge on any atom is -0.372 e. The summed E-state index contributed by atoms with van der Waals surface area (Å²) in [6.45, 7) is 6.99. The first-order valence-corrected chi connectivity index (χ1v) is 6.17. The van der Waals surface area contributed by atoms with Gasteiger partial charge in [0, 0.05) is 12.7 Å². The molecule has 5 nitrogen and oxygen atoms in total. The third kappa shape index (κ3) is 2.34. The molecule has 2 aromatic rings. The van der Waals surface area contributed by atoms with Crippen molar-refractivity contribution < 1.29 is 0 Å². The number of hydrogen-bond donors (Lipinski definition) is 1. The SMILES string of the molecule is CCc1c(C)nn(Cc2cnc(NC)cn2)c1C. The molecule has 5 heteroatoms. The molecular weight excluding hydrogens is 226 g/mol. The third-order valence-electron chi connectivity index (χ3n) is 3.16. The average molecular weight is 245 g/mol. The molecule has 0 bridgehead atoms. The van der Waals surface area contributed by atoms with Crippen molar-refractivity contribution in [1.82, 2.24) is 19.7 Å². The highest BCUT2D eigenvalue weighted by Gasteiger charge is 2.10. The van der Waals surface area contributed by atoms with Crippen LogP contribution in [0.4, 0.5) is 5.82 Å². The van der Waals surface area contributed by atoms with Crippen LogP contribution < -0.4 is 5.32 Å². The van der Waals surface area contributed by atoms with Crippen LogP contribution in [0.1, 0.15) is 29.6 Å². The maximum Gasteiger partial charge on any atom is 0.144 e. The first kappa shape index (κ1) is 12.5. The molecule has 0 aliphatic rings. The largest absolute Gasteiger partial charge is 0.372 e. The summed E-state index contributed by atoms with van der Waals surface area (Å²) in [4.78, 5) is 8.62. The second-order valence-electron chi connectivity index (χ2n) is 4.30. The molecule has 18 heavy (non-hydrogen) atoms. The maximum absolute atomic E-state index is 4.55. The van der Waals surface area contributed by atoms with E-state index in [0.717, 1.165) is 23.6 Å². The van der Waals surface area contributed by atoms with Crippen LogP contribution in [-0.2, 0) is 13.0 Å². The fourth-order valence-corrected chi connectivity index (χ4v) is 2.12. The van der Waals surface area contributed by atoms with Crippen LogP contribution in [0.5, 0.6) is 0 Å². The van der Waals surface area contributed by atoms with Gasteiger partial charge in [-0.05, 0) is 25.8 Å². The van der Waals surface area contributed by atoms with Crippen molar-refractivity contribution in [3.63, 3.8) is 0 Å². The fraction of sp³-hybridized carbons (Fsp3) is 0.462. The summed E-state index contributed by atoms with van der Waals surface area (Å²) in [6.07, 6.45) is 4.54. The Morgan fingerprint density at radius 2 is 2.00 bits per heavy atom. The second kappa shape index (κ2) is 5.16. The van der Waals surface area contributed by atoms with Gasteiger partial charge in [0.1, 0.15) is 5.82 Å². The molecule has 2 rings (SSSR count). The van der Waals surface area contributed by atoms with Gasteiger partial charge in [-0.25, -0.2) is 4.98 Å². The van der Waals surface area contributed by atoms with Crippen molar-refractivity contribution in [2.45, 2.75) is 33.7 Å². The summed E-state index contributed by atoms with van der Waals surface area (Å²) < 4.78 is 2.00. The van der Waals surface area contributed by atoms with Gasteiger partial charge < -0.3 is 5.32 Å². The molecule has 2 heterocycles. The number of anilines is 1. The number of nitrogens with zero attached hydrogens (tertiary/aromatic N) is 4. The normalized spacial score (nSPS) is 10.7. The average Bonchev–Trinajstić information content (AvgIpc) is 2.65. The Kier molecular flexibility index (Phi) is 3.60. The van der Waals surface area contributed by atoms with Gasteiger partial charge in [0.25, 0.3) is 0 Å². The number of aromatic nitrogens is 4. The Morgan fingerprint density at radius 3 is 2.50 bits per heavy atom. The van der Waals surface area contributed by atoms with Crippen LogP contribution in [-0.4, -0.2) is 26.8 Å². The Bertz CT molecular complexity index is 527. The van der Waals surface area contributed by atoms with E-state index in [9.17, 15) is 0 Å². The van der Waals surface area contributed by atoms with Gasteiger partial charge in [-0.3, -0.25) is 9.67 Å². The zero-order valence-corrected chi connectivity index (χ0v) is 11.4. The molecule has 0 unspecified atom stereocenters. The summed E-state index contributed by atoms with van der Waals surface area (Å²) in [6, 6.07) is 0. The van der Waals surface area contributed by atoms with Gasteiger partial charge in [0.2, 0.25) is 0 Å². The third-order valence-corrected chi connectivity index (χ3v) is 3.16. The minimum absolute atomic E-state index is 0.670. The molecule has 96 valence electrons. The summed E-state index contributed by atoms with van der Waals surface area (Å²) in [7, 11) is 1.83. The molecule has 0 aromatic carbocycles. The van der Waals surface area contributed by atoms with E-state index < -0.39 is 0 Å². The Hall–Kier alpha value is -1.91. The first-order chi connectivity index (χ1) is 8.65. The van der Waals surface area contributed by atoms with E-state index in [1.165, 1.54) is 11.3 Å². The molecule has 2 aromatic heterocycles. The number of nitrogens with one attached hydrogen (secondary N) is 1. The lowest BCUT2D eigenvalue weighted by Gasteiger charge is -2.05. The van der Waals surface area contributed by atoms with Crippen molar-refractivity contribution in [3.05, 3.63) is 35.0 Å². The van der Waals surface area contributed by atoms with E-state index in [1.54, 1.807) is 12.4 Å². The second-order valence-corrected chi connectivity index (χ2v) is 4.30. The highest BCUT2D eigenvalue weighted by atomic mass is 15.3. The summed E-state index contributed by atoms with van der Waals surface area (Å²) in [5, 5.41) is 7.51. The highest BCUT2D eigenvalue weighted by Crippen LogP contribution is 2.14. The zero-order chi connectivity index (χ0) is 13.1. The molecule has 0 radical (unpaired) electrons. The predicted octanol–water partition coefficient (Wildman–Crippen LogP) is 1.94. The van der Waals surface area contributed by atoms with Crippen molar-refractivity contribution in [3.8, 4) is 0 Å². The molecular formula is C13H19N5. The van der Waals surface area contributed by atoms with E-state index in [0.29, 0.717) is 6.54 Å². The topological polar surface area (TPSA) is 55.6 Å². The fourth-order valence-electron chi connectivity index (χ4n) is 2.12. The number of hydrogen-bond acceptors (Lipinski definition) is 4. The summed E-state index contributed by atoms with van der Waals surface area (Å²) in [5.74, 6) is 0.779. The first-order valence-electron chi connectivity index (χ1n) is 6.17. The van der Waals surface area contributed by atoms with Crippen LogP contribution in [0.2, 0.25) is 0 Å². The lowest BCUT2D eigenvalue weighted by Crippen LogP contribution is -2.07. The van der Waals surface area contributed by atoms with Gasteiger partial charge >= 0.3 is 0 Å². The Labute approximate surface area is 107 Å². The van der Waals surface area contributed by atoms with Crippen LogP contribution in [0, 0.1) is 13.8 Å². The van der Waals surface area contributed by atoms with Crippen molar-refractivity contribution in [2.75, 3.05) is 12.4 Å². The summed E-state index contributed by atoms with van der Waals surface area (Å²) in [5.41, 5.74) is 4.57. The molecule has 0 saturated carbocycles. The van der Waals surface area contributed by atoms with Crippen molar-refractivity contribution in [2.24, 2.45) is 0 Å². The lowest BCUT2D eigenvalue weighted by molar-refractivity contribution is 0.644. The van der Waals surface area contributed by atoms with E-state index in [-0.39, 0.29) is 0 Å². The molecule has 0 atom stereocenters. The molecule has 0 saturated heterocycles. The monoisotopic (exact) mass is 245 g/mol. The van der Waals surface area contributed by atoms with Crippen molar-refractivity contribution in [1.29, 1.82) is 0 Å². The van der Waals surface area contributed by atoms with Gasteiger partial charge in [0.15, 0.2) is 0 Å². The van der Waals surface area contributed by atoms with E-state index in [2.05, 4.69) is 41.2 Å². The minimum atomic E-state index is 0.670. The molecule has 0 amide bonds. The number of rotatable bonds is 4. The van der Waals surface area contributed by atoms with Crippen LogP contribution in [0.25, 0.3) is 0 Å². The van der Waals surface area contributed by atoms with E-state index in [1.807, 2.05) is 11.7 Å². The highest BCUT2D eigenvalue weighted by molar-refractivity contribution is 5.30. The smallest absolute Gasteiger partial charge is 0.144 e. The van der Waals surface area contributed by atoms with Gasteiger partial charge in [-0.1, -0.05) is 6.92 Å². The molecule has 0 fully saturated rings. The van der Waals surface area contributed by atoms with Crippen LogP contribution in [0.15, 0.2) is 12.4 Å². The summed E-state index contributed by atoms with van der Waals surface area (Å²) >= 11 is 0. The molecule has 1 N–H and O–H groups in total. The van der Waals surface area contributed by atoms with Crippen LogP contribution in [0.3, 0.4) is 0 Å². The quantitative estimate of drug-likeness (QED) is 0.894. The predicted molar refractivity (Wildman–Crippen MR) is 71.8 cm³/mol. The van der Waals surface area contributed by atoms with Crippen molar-refractivity contribution >= 4 is 5.82 Å². The molecule has 0 aliphatic carbocycles. The maximum atomic E-state index is 4.55. The Balaban J connectivity index is 2.22. The van der Waals surface area contributed by atoms with Gasteiger partial charge in [-0.15, -0.1) is 0 Å². The molecule has 0 aliphatic heterocycles. The van der Waals surface area contributed by atoms with E-state index in [4.69, 9.17) is 0 Å². The standard InChI is InChI=1S/C13H19N5/c1-5-12-9(2)17-18(10(12)3)8-11-6-16-13(14-4)7-15-11/h6-7H,5,8H2,1-4H3,(H,14,16). The zero-order valence-electron chi connectivity index (χ0n) is 11.4. The Morgan fingerprint density at radius 1 is 1.22 bits per heavy atom. The van der Waals surface area contributed by atoms with Gasteiger partial charge in [-0.2, -0.15) is 5.10 Å². The lowest BCUT2D eigenvalue weighted by atomic mass is 10.1. The van der Waals surface area contributed by atoms with E-state index >= 15 is 0 Å². The molecule has 0 spiro atoms.